The molecule has 14 nitrogen and oxygen atoms in total. The van der Waals surface area contributed by atoms with Crippen molar-refractivity contribution < 1.29 is 42.2 Å². The Bertz CT molecular complexity index is 2360. The number of anilines is 2. The molecule has 2 aromatic carbocycles. The number of aromatic nitrogens is 2. The number of fused-ring (bicyclic) bond motifs is 1. The van der Waals surface area contributed by atoms with Crippen LogP contribution < -0.4 is 30.3 Å². The highest BCUT2D eigenvalue weighted by molar-refractivity contribution is 6.27. The number of benzene rings is 2. The topological polar surface area (TPSA) is 172 Å². The average molecular weight is 886 g/mol. The summed E-state index contributed by atoms with van der Waals surface area (Å²) in [5.74, 6) is -0.555. The number of hydrogen-bond donors (Lipinski definition) is 3. The van der Waals surface area contributed by atoms with Crippen LogP contribution in [0.15, 0.2) is 72.8 Å². The van der Waals surface area contributed by atoms with E-state index >= 15 is 0 Å². The summed E-state index contributed by atoms with van der Waals surface area (Å²) in [6.07, 6.45) is 3.72. The Morgan fingerprint density at radius 3 is 2.30 bits per heavy atom. The fourth-order valence-corrected chi connectivity index (χ4v) is 7.91. The number of nitrogens with one attached hydrogen (secondary N) is 3. The van der Waals surface area contributed by atoms with E-state index in [0.717, 1.165) is 49.7 Å². The maximum absolute atomic E-state index is 13.6. The second-order valence-corrected chi connectivity index (χ2v) is 16.3. The number of carbonyl (C=O) groups excluding carboxylic acids is 5. The first kappa shape index (κ1) is 44.9. The third kappa shape index (κ3) is 11.3. The molecule has 2 aromatic heterocycles. The number of alkyl halides is 3. The Hall–Kier alpha value is -6.16. The van der Waals surface area contributed by atoms with Crippen molar-refractivity contribution in [1.29, 1.82) is 0 Å². The lowest BCUT2D eigenvalue weighted by Crippen LogP contribution is -2.53. The van der Waals surface area contributed by atoms with Crippen molar-refractivity contribution in [2.24, 2.45) is 0 Å². The maximum atomic E-state index is 13.6. The van der Waals surface area contributed by atoms with E-state index < -0.39 is 11.7 Å². The first-order valence-corrected chi connectivity index (χ1v) is 21.8. The number of amides is 5. The predicted octanol–water partition coefficient (Wildman–Crippen LogP) is 6.68. The lowest BCUT2D eigenvalue weighted by molar-refractivity contribution is -0.286. The molecule has 3 aliphatic rings. The average Bonchev–Trinajstić information content (AvgIpc) is 4.03. The van der Waals surface area contributed by atoms with Gasteiger partial charge in [-0.25, -0.2) is 9.97 Å². The molecule has 332 valence electrons. The molecule has 0 spiro atoms. The lowest BCUT2D eigenvalue weighted by atomic mass is 9.94. The van der Waals surface area contributed by atoms with Crippen LogP contribution in [-0.2, 0) is 31.0 Å². The Labute approximate surface area is 369 Å². The zero-order valence-corrected chi connectivity index (χ0v) is 35.8. The van der Waals surface area contributed by atoms with E-state index in [1.165, 1.54) is 17.0 Å². The molecule has 7 rings (SSSR count). The first-order valence-electron chi connectivity index (χ1n) is 21.3. The summed E-state index contributed by atoms with van der Waals surface area (Å²) in [5, 5.41) is 8.88. The van der Waals surface area contributed by atoms with E-state index in [4.69, 9.17) is 16.6 Å². The smallest absolute Gasteiger partial charge is 0.395 e. The Morgan fingerprint density at radius 2 is 1.56 bits per heavy atom. The van der Waals surface area contributed by atoms with E-state index in [9.17, 15) is 32.8 Å². The predicted molar refractivity (Wildman–Crippen MR) is 232 cm³/mol. The molecule has 2 fully saturated rings. The molecule has 2 aliphatic heterocycles. The van der Waals surface area contributed by atoms with Gasteiger partial charge in [0.2, 0.25) is 23.6 Å². The van der Waals surface area contributed by atoms with Gasteiger partial charge in [-0.1, -0.05) is 56.0 Å². The standard InChI is InChI=1S/C46H50ClF2N7O7/c1-30-14-18-37(54-44(61)45(20-21-45)33-15-17-35-36(27-33)63-46(48,49)62-35)53-42(30)31-10-8-11-32(26-31)43(60)51-23-7-5-3-2-4-6-22-50-39(57)19-16-34-12-9-13-38(52-34)56-25-24-55(29-41(56)59)40(58)28-47/h8-15,17-18,26-27H,2-7,16,19-25,28-29H2,1H3,(H,50,57)(H,51,60)(H,53,54,61). The van der Waals surface area contributed by atoms with Gasteiger partial charge in [-0.3, -0.25) is 28.9 Å². The molecule has 1 saturated heterocycles. The van der Waals surface area contributed by atoms with Crippen molar-refractivity contribution in [2.75, 3.05) is 48.8 Å². The third-order valence-corrected chi connectivity index (χ3v) is 11.7. The van der Waals surface area contributed by atoms with E-state index in [2.05, 4.69) is 30.4 Å². The third-order valence-electron chi connectivity index (χ3n) is 11.5. The highest BCUT2D eigenvalue weighted by Gasteiger charge is 2.53. The summed E-state index contributed by atoms with van der Waals surface area (Å²) in [4.78, 5) is 75.9. The second-order valence-electron chi connectivity index (χ2n) is 16.0. The molecule has 0 bridgehead atoms. The van der Waals surface area contributed by atoms with Crippen molar-refractivity contribution in [2.45, 2.75) is 82.8 Å². The van der Waals surface area contributed by atoms with Crippen LogP contribution in [0.2, 0.25) is 0 Å². The minimum absolute atomic E-state index is 0.0357. The van der Waals surface area contributed by atoms with Gasteiger partial charge in [0.05, 0.1) is 11.1 Å². The number of rotatable bonds is 19. The minimum atomic E-state index is -3.74. The van der Waals surface area contributed by atoms with E-state index in [0.29, 0.717) is 79.6 Å². The van der Waals surface area contributed by atoms with Gasteiger partial charge in [-0.05, 0) is 92.6 Å². The van der Waals surface area contributed by atoms with Crippen LogP contribution in [0.5, 0.6) is 11.5 Å². The number of aryl methyl sites for hydroxylation is 2. The molecular weight excluding hydrogens is 836 g/mol. The fraction of sp³-hybridized carbons (Fsp3) is 0.413. The molecule has 17 heteroatoms. The summed E-state index contributed by atoms with van der Waals surface area (Å²) in [6, 6.07) is 20.5. The van der Waals surface area contributed by atoms with Crippen LogP contribution in [0.25, 0.3) is 11.3 Å². The maximum Gasteiger partial charge on any atom is 0.586 e. The van der Waals surface area contributed by atoms with Crippen molar-refractivity contribution in [3.63, 3.8) is 0 Å². The summed E-state index contributed by atoms with van der Waals surface area (Å²) < 4.78 is 36.3. The van der Waals surface area contributed by atoms with Crippen LogP contribution in [0.1, 0.15) is 85.0 Å². The Kier molecular flexibility index (Phi) is 14.2. The molecule has 63 heavy (non-hydrogen) atoms. The Balaban J connectivity index is 0.773. The molecule has 0 radical (unpaired) electrons. The van der Waals surface area contributed by atoms with Crippen molar-refractivity contribution in [1.82, 2.24) is 25.5 Å². The summed E-state index contributed by atoms with van der Waals surface area (Å²) in [6.45, 7) is 3.71. The zero-order chi connectivity index (χ0) is 44.6. The van der Waals surface area contributed by atoms with Crippen molar-refractivity contribution >= 4 is 52.8 Å². The molecular formula is C46H50ClF2N7O7. The number of unbranched alkanes of at least 4 members (excludes halogenated alkanes) is 5. The number of ether oxygens (including phenoxy) is 2. The van der Waals surface area contributed by atoms with E-state index in [-0.39, 0.29) is 59.9 Å². The molecule has 0 unspecified atom stereocenters. The zero-order valence-electron chi connectivity index (χ0n) is 35.0. The van der Waals surface area contributed by atoms with Crippen LogP contribution in [0, 0.1) is 6.92 Å². The van der Waals surface area contributed by atoms with Gasteiger partial charge in [0.25, 0.3) is 5.91 Å². The summed E-state index contributed by atoms with van der Waals surface area (Å²) in [5.41, 5.74) is 3.05. The number of halogens is 3. The number of pyridine rings is 2. The highest BCUT2D eigenvalue weighted by atomic mass is 35.5. The molecule has 1 aliphatic carbocycles. The summed E-state index contributed by atoms with van der Waals surface area (Å²) in [7, 11) is 0. The van der Waals surface area contributed by atoms with Gasteiger partial charge in [0, 0.05) is 49.4 Å². The normalized spacial score (nSPS) is 15.8. The van der Waals surface area contributed by atoms with E-state index in [1.54, 1.807) is 41.3 Å². The fourth-order valence-electron chi connectivity index (χ4n) is 7.74. The number of hydrogen-bond acceptors (Lipinski definition) is 9. The van der Waals surface area contributed by atoms with Gasteiger partial charge in [0.1, 0.15) is 24.1 Å². The first-order chi connectivity index (χ1) is 30.3. The molecule has 4 heterocycles. The van der Waals surface area contributed by atoms with Gasteiger partial charge in [0.15, 0.2) is 11.5 Å². The van der Waals surface area contributed by atoms with Crippen LogP contribution >= 0.6 is 11.6 Å². The van der Waals surface area contributed by atoms with Crippen LogP contribution in [0.4, 0.5) is 20.4 Å². The number of carbonyl (C=O) groups is 5. The SMILES string of the molecule is Cc1ccc(NC(=O)C2(c3ccc4c(c3)OC(F)(F)O4)CC2)nc1-c1cccc(C(=O)NCCCCCCCCNC(=O)CCc2cccc(N3CCN(C(=O)CCl)CC3=O)n2)c1. The summed E-state index contributed by atoms with van der Waals surface area (Å²) >= 11 is 5.63. The molecule has 3 N–H and O–H groups in total. The van der Waals surface area contributed by atoms with Crippen molar-refractivity contribution in [3.05, 3.63) is 95.2 Å². The largest absolute Gasteiger partial charge is 0.586 e. The Morgan fingerprint density at radius 1 is 0.825 bits per heavy atom. The lowest BCUT2D eigenvalue weighted by Gasteiger charge is -2.33. The van der Waals surface area contributed by atoms with Crippen molar-refractivity contribution in [3.8, 4) is 22.8 Å². The molecule has 1 saturated carbocycles. The molecule has 5 amide bonds. The van der Waals surface area contributed by atoms with Gasteiger partial charge in [-0.2, -0.15) is 0 Å². The second kappa shape index (κ2) is 19.9. The molecule has 0 atom stereocenters. The van der Waals surface area contributed by atoms with Gasteiger partial charge in [-0.15, -0.1) is 20.4 Å². The number of piperazine rings is 1. The number of nitrogens with zero attached hydrogens (tertiary/aromatic N) is 4. The molecule has 4 aromatic rings. The van der Waals surface area contributed by atoms with Gasteiger partial charge < -0.3 is 30.3 Å². The van der Waals surface area contributed by atoms with Crippen LogP contribution in [-0.4, -0.2) is 89.3 Å². The monoisotopic (exact) mass is 885 g/mol. The van der Waals surface area contributed by atoms with E-state index in [1.807, 2.05) is 31.2 Å². The quantitative estimate of drug-likeness (QED) is 0.0687. The van der Waals surface area contributed by atoms with Gasteiger partial charge >= 0.3 is 6.29 Å². The minimum Gasteiger partial charge on any atom is -0.395 e. The highest BCUT2D eigenvalue weighted by Crippen LogP contribution is 2.52. The van der Waals surface area contributed by atoms with Crippen LogP contribution in [0.3, 0.4) is 0 Å².